The van der Waals surface area contributed by atoms with Crippen LogP contribution in [-0.2, 0) is 10.9 Å². The number of alkyl carbamates (subject to hydrolysis) is 1. The van der Waals surface area contributed by atoms with Crippen LogP contribution in [-0.4, -0.2) is 35.8 Å². The molecule has 8 heteroatoms. The molecule has 0 aromatic carbocycles. The molecule has 128 valence electrons. The number of hydrogen-bond acceptors (Lipinski definition) is 4. The van der Waals surface area contributed by atoms with Crippen molar-refractivity contribution in [3.63, 3.8) is 0 Å². The summed E-state index contributed by atoms with van der Waals surface area (Å²) in [7, 11) is 0. The fourth-order valence-electron chi connectivity index (χ4n) is 2.30. The molecule has 1 aliphatic rings. The number of alkyl halides is 3. The van der Waals surface area contributed by atoms with Gasteiger partial charge in [-0.1, -0.05) is 0 Å². The molecule has 2 rings (SSSR count). The lowest BCUT2D eigenvalue weighted by Crippen LogP contribution is -2.40. The summed E-state index contributed by atoms with van der Waals surface area (Å²) in [5, 5.41) is 2.76. The summed E-state index contributed by atoms with van der Waals surface area (Å²) >= 11 is 0. The van der Waals surface area contributed by atoms with E-state index in [-0.39, 0.29) is 6.04 Å². The molecule has 23 heavy (non-hydrogen) atoms. The third-order valence-corrected chi connectivity index (χ3v) is 3.31. The summed E-state index contributed by atoms with van der Waals surface area (Å²) in [6.45, 7) is 6.43. The molecule has 5 nitrogen and oxygen atoms in total. The number of rotatable bonds is 2. The van der Waals surface area contributed by atoms with Crippen LogP contribution in [0.4, 0.5) is 23.8 Å². The number of amides is 1. The van der Waals surface area contributed by atoms with Crippen molar-refractivity contribution in [2.45, 2.75) is 45.0 Å². The summed E-state index contributed by atoms with van der Waals surface area (Å²) in [6, 6.07) is 2.24. The number of carbonyl (C=O) groups is 1. The number of ether oxygens (including phenoxy) is 1. The Morgan fingerprint density at radius 3 is 2.57 bits per heavy atom. The third kappa shape index (κ3) is 5.01. The molecule has 1 N–H and O–H groups in total. The Labute approximate surface area is 132 Å². The van der Waals surface area contributed by atoms with Gasteiger partial charge in [-0.05, 0) is 39.3 Å². The monoisotopic (exact) mass is 331 g/mol. The Morgan fingerprint density at radius 1 is 1.35 bits per heavy atom. The van der Waals surface area contributed by atoms with Gasteiger partial charge in [0.1, 0.15) is 11.4 Å². The van der Waals surface area contributed by atoms with Gasteiger partial charge in [0.15, 0.2) is 0 Å². The molecule has 1 aromatic rings. The van der Waals surface area contributed by atoms with Crippen molar-refractivity contribution >= 4 is 11.9 Å². The molecule has 0 radical (unpaired) electrons. The normalized spacial score (nSPS) is 18.9. The first-order chi connectivity index (χ1) is 10.5. The Hall–Kier alpha value is -1.99. The van der Waals surface area contributed by atoms with Crippen molar-refractivity contribution < 1.29 is 22.7 Å². The Bertz CT molecular complexity index is 553. The highest BCUT2D eigenvalue weighted by Crippen LogP contribution is 2.29. The second-order valence-corrected chi connectivity index (χ2v) is 6.48. The molecule has 1 aliphatic heterocycles. The van der Waals surface area contributed by atoms with Gasteiger partial charge in [-0.3, -0.25) is 0 Å². The molecule has 0 bridgehead atoms. The van der Waals surface area contributed by atoms with Crippen molar-refractivity contribution in [1.29, 1.82) is 0 Å². The predicted octanol–water partition coefficient (Wildman–Crippen LogP) is 3.20. The molecule has 0 spiro atoms. The lowest BCUT2D eigenvalue weighted by molar-refractivity contribution is -0.137. The van der Waals surface area contributed by atoms with Gasteiger partial charge in [0.2, 0.25) is 0 Å². The largest absolute Gasteiger partial charge is 0.444 e. The van der Waals surface area contributed by atoms with Gasteiger partial charge in [0.05, 0.1) is 11.6 Å². The zero-order valence-corrected chi connectivity index (χ0v) is 13.3. The van der Waals surface area contributed by atoms with E-state index in [1.807, 2.05) is 4.90 Å². The number of nitrogens with zero attached hydrogens (tertiary/aromatic N) is 2. The smallest absolute Gasteiger partial charge is 0.417 e. The molecule has 0 saturated carbocycles. The summed E-state index contributed by atoms with van der Waals surface area (Å²) in [4.78, 5) is 17.4. The fourth-order valence-corrected chi connectivity index (χ4v) is 2.30. The molecular formula is C15H20F3N3O2. The van der Waals surface area contributed by atoms with E-state index in [4.69, 9.17) is 4.74 Å². The quantitative estimate of drug-likeness (QED) is 0.904. The minimum Gasteiger partial charge on any atom is -0.444 e. The topological polar surface area (TPSA) is 54.5 Å². The Balaban J connectivity index is 1.91. The van der Waals surface area contributed by atoms with Crippen molar-refractivity contribution in [2.24, 2.45) is 0 Å². The predicted molar refractivity (Wildman–Crippen MR) is 79.2 cm³/mol. The van der Waals surface area contributed by atoms with E-state index < -0.39 is 23.4 Å². The Morgan fingerprint density at radius 2 is 2.04 bits per heavy atom. The van der Waals surface area contributed by atoms with Crippen LogP contribution in [0.5, 0.6) is 0 Å². The molecule has 0 aliphatic carbocycles. The van der Waals surface area contributed by atoms with Gasteiger partial charge in [-0.15, -0.1) is 0 Å². The maximum atomic E-state index is 12.5. The van der Waals surface area contributed by atoms with Crippen LogP contribution < -0.4 is 10.2 Å². The first-order valence-corrected chi connectivity index (χ1v) is 7.32. The molecule has 1 amide bonds. The molecule has 1 aromatic heterocycles. The highest BCUT2D eigenvalue weighted by Gasteiger charge is 2.32. The first kappa shape index (κ1) is 17.4. The van der Waals surface area contributed by atoms with Crippen LogP contribution in [0.1, 0.15) is 32.8 Å². The van der Waals surface area contributed by atoms with E-state index in [2.05, 4.69) is 10.3 Å². The average molecular weight is 331 g/mol. The highest BCUT2D eigenvalue weighted by molar-refractivity contribution is 5.68. The van der Waals surface area contributed by atoms with E-state index in [0.717, 1.165) is 12.3 Å². The summed E-state index contributed by atoms with van der Waals surface area (Å²) in [5.74, 6) is 0.464. The zero-order chi connectivity index (χ0) is 17.3. The van der Waals surface area contributed by atoms with Gasteiger partial charge in [-0.2, -0.15) is 13.2 Å². The lowest BCUT2D eigenvalue weighted by Gasteiger charge is -2.22. The molecular weight excluding hydrogens is 311 g/mol. The SMILES string of the molecule is CC(C)(C)OC(=O)N[C@@H]1CCN(c2ccc(C(F)(F)F)cn2)C1. The maximum Gasteiger partial charge on any atom is 0.417 e. The fraction of sp³-hybridized carbons (Fsp3) is 0.600. The van der Waals surface area contributed by atoms with Crippen molar-refractivity contribution in [3.8, 4) is 0 Å². The third-order valence-electron chi connectivity index (χ3n) is 3.31. The number of nitrogens with one attached hydrogen (secondary N) is 1. The molecule has 1 fully saturated rings. The minimum atomic E-state index is -4.39. The Kier molecular flexibility index (Phi) is 4.72. The van der Waals surface area contributed by atoms with Crippen LogP contribution in [0.15, 0.2) is 18.3 Å². The van der Waals surface area contributed by atoms with E-state index in [1.54, 1.807) is 20.8 Å². The van der Waals surface area contributed by atoms with Crippen LogP contribution in [0.25, 0.3) is 0 Å². The number of halogens is 3. The van der Waals surface area contributed by atoms with Crippen molar-refractivity contribution in [2.75, 3.05) is 18.0 Å². The van der Waals surface area contributed by atoms with E-state index in [9.17, 15) is 18.0 Å². The number of aromatic nitrogens is 1. The maximum absolute atomic E-state index is 12.5. The van der Waals surface area contributed by atoms with Crippen LogP contribution >= 0.6 is 0 Å². The molecule has 0 unspecified atom stereocenters. The number of anilines is 1. The van der Waals surface area contributed by atoms with Crippen molar-refractivity contribution in [1.82, 2.24) is 10.3 Å². The standard InChI is InChI=1S/C15H20F3N3O2/c1-14(2,3)23-13(22)20-11-6-7-21(9-11)12-5-4-10(8-19-12)15(16,17)18/h4-5,8,11H,6-7,9H2,1-3H3,(H,20,22)/t11-/m1/s1. The zero-order valence-electron chi connectivity index (χ0n) is 13.3. The van der Waals surface area contributed by atoms with E-state index >= 15 is 0 Å². The number of hydrogen-bond donors (Lipinski definition) is 1. The average Bonchev–Trinajstić information content (AvgIpc) is 2.84. The van der Waals surface area contributed by atoms with E-state index in [1.165, 1.54) is 6.07 Å². The van der Waals surface area contributed by atoms with Crippen molar-refractivity contribution in [3.05, 3.63) is 23.9 Å². The summed E-state index contributed by atoms with van der Waals surface area (Å²) < 4.78 is 42.8. The number of carbonyl (C=O) groups excluding carboxylic acids is 1. The first-order valence-electron chi connectivity index (χ1n) is 7.32. The van der Waals surface area contributed by atoms with Gasteiger partial charge >= 0.3 is 12.3 Å². The van der Waals surface area contributed by atoms with Crippen LogP contribution in [0.3, 0.4) is 0 Å². The van der Waals surface area contributed by atoms with Crippen LogP contribution in [0, 0.1) is 0 Å². The lowest BCUT2D eigenvalue weighted by atomic mass is 10.2. The molecule has 2 heterocycles. The van der Waals surface area contributed by atoms with Gasteiger partial charge < -0.3 is 15.0 Å². The van der Waals surface area contributed by atoms with Gasteiger partial charge in [-0.25, -0.2) is 9.78 Å². The molecule has 1 saturated heterocycles. The summed E-state index contributed by atoms with van der Waals surface area (Å²) in [6.07, 6.45) is -3.38. The van der Waals surface area contributed by atoms with Crippen LogP contribution in [0.2, 0.25) is 0 Å². The minimum absolute atomic E-state index is 0.117. The van der Waals surface area contributed by atoms with E-state index in [0.29, 0.717) is 25.3 Å². The number of pyridine rings is 1. The van der Waals surface area contributed by atoms with Gasteiger partial charge in [0, 0.05) is 19.3 Å². The summed E-state index contributed by atoms with van der Waals surface area (Å²) in [5.41, 5.74) is -1.35. The van der Waals surface area contributed by atoms with Gasteiger partial charge in [0.25, 0.3) is 0 Å². The highest BCUT2D eigenvalue weighted by atomic mass is 19.4. The molecule has 1 atom stereocenters. The second-order valence-electron chi connectivity index (χ2n) is 6.48. The second kappa shape index (κ2) is 6.25.